The molecule has 0 aliphatic rings. The van der Waals surface area contributed by atoms with E-state index in [1.807, 2.05) is 24.3 Å². The van der Waals surface area contributed by atoms with Crippen molar-refractivity contribution in [2.45, 2.75) is 58.4 Å². The van der Waals surface area contributed by atoms with Crippen molar-refractivity contribution in [2.24, 2.45) is 0 Å². The maximum Gasteiger partial charge on any atom is 0.303 e. The molecule has 2 N–H and O–H groups in total. The van der Waals surface area contributed by atoms with Crippen molar-refractivity contribution in [3.63, 3.8) is 0 Å². The summed E-state index contributed by atoms with van der Waals surface area (Å²) in [5.41, 5.74) is 2.11. The van der Waals surface area contributed by atoms with Crippen LogP contribution in [-0.2, 0) is 16.0 Å². The molecule has 7 nitrogen and oxygen atoms in total. The Balaban J connectivity index is 1.84. The zero-order valence-electron chi connectivity index (χ0n) is 15.4. The van der Waals surface area contributed by atoms with Gasteiger partial charge < -0.3 is 14.9 Å². The third kappa shape index (κ3) is 5.98. The van der Waals surface area contributed by atoms with Crippen LogP contribution < -0.4 is 5.32 Å². The molecule has 0 bridgehead atoms. The monoisotopic (exact) mass is 359 g/mol. The van der Waals surface area contributed by atoms with Gasteiger partial charge in [0.05, 0.1) is 0 Å². The second-order valence-corrected chi connectivity index (χ2v) is 6.69. The number of carboxylic acid groups (broad SMARTS) is 1. The van der Waals surface area contributed by atoms with Crippen LogP contribution in [0.1, 0.15) is 57.4 Å². The van der Waals surface area contributed by atoms with E-state index in [1.54, 1.807) is 6.92 Å². The first-order valence-corrected chi connectivity index (χ1v) is 8.79. The Hall–Kier alpha value is -2.70. The maximum absolute atomic E-state index is 11.9. The summed E-state index contributed by atoms with van der Waals surface area (Å²) in [5.74, 6) is 0.336. The number of hydrogen-bond acceptors (Lipinski definition) is 5. The van der Waals surface area contributed by atoms with Crippen molar-refractivity contribution in [1.82, 2.24) is 15.5 Å². The van der Waals surface area contributed by atoms with E-state index in [0.29, 0.717) is 30.5 Å². The minimum Gasteiger partial charge on any atom is -0.481 e. The fourth-order valence-corrected chi connectivity index (χ4v) is 2.47. The van der Waals surface area contributed by atoms with Gasteiger partial charge in [-0.15, -0.1) is 0 Å². The van der Waals surface area contributed by atoms with Crippen molar-refractivity contribution in [2.75, 3.05) is 0 Å². The van der Waals surface area contributed by atoms with Gasteiger partial charge in [-0.3, -0.25) is 9.59 Å². The molecule has 0 radical (unpaired) electrons. The lowest BCUT2D eigenvalue weighted by atomic mass is 10.0. The van der Waals surface area contributed by atoms with Crippen LogP contribution in [0.4, 0.5) is 0 Å². The molecule has 1 heterocycles. The van der Waals surface area contributed by atoms with Crippen LogP contribution in [0.5, 0.6) is 0 Å². The van der Waals surface area contributed by atoms with Gasteiger partial charge in [-0.25, -0.2) is 0 Å². The molecule has 1 aromatic heterocycles. The zero-order chi connectivity index (χ0) is 19.1. The van der Waals surface area contributed by atoms with Gasteiger partial charge in [0.2, 0.25) is 17.6 Å². The number of aryl methyl sites for hydroxylation is 1. The number of hydrogen-bond donors (Lipinski definition) is 2. The van der Waals surface area contributed by atoms with E-state index in [2.05, 4.69) is 29.3 Å². The van der Waals surface area contributed by atoms with E-state index in [9.17, 15) is 9.59 Å². The fraction of sp³-hybridized carbons (Fsp3) is 0.474. The van der Waals surface area contributed by atoms with Gasteiger partial charge >= 0.3 is 5.97 Å². The quantitative estimate of drug-likeness (QED) is 0.712. The summed E-state index contributed by atoms with van der Waals surface area (Å²) in [6, 6.07) is 7.82. The van der Waals surface area contributed by atoms with Crippen molar-refractivity contribution in [3.05, 3.63) is 35.7 Å². The number of nitrogens with one attached hydrogen (secondary N) is 1. The average Bonchev–Trinajstić information content (AvgIpc) is 3.07. The fourth-order valence-electron chi connectivity index (χ4n) is 2.47. The molecule has 1 amide bonds. The van der Waals surface area contributed by atoms with Gasteiger partial charge in [-0.2, -0.15) is 4.98 Å². The summed E-state index contributed by atoms with van der Waals surface area (Å²) in [6.45, 7) is 6.05. The molecule has 0 aliphatic heterocycles. The Kier molecular flexibility index (Phi) is 6.89. The van der Waals surface area contributed by atoms with Gasteiger partial charge in [0.25, 0.3) is 0 Å². The Morgan fingerprint density at radius 1 is 1.15 bits per heavy atom. The Morgan fingerprint density at radius 3 is 2.46 bits per heavy atom. The number of carbonyl (C=O) groups excluding carboxylic acids is 1. The Labute approximate surface area is 152 Å². The van der Waals surface area contributed by atoms with E-state index in [4.69, 9.17) is 9.63 Å². The highest BCUT2D eigenvalue weighted by molar-refractivity contribution is 5.76. The van der Waals surface area contributed by atoms with E-state index in [0.717, 1.165) is 5.56 Å². The molecule has 7 heteroatoms. The first kappa shape index (κ1) is 19.6. The normalized spacial score (nSPS) is 12.2. The number of rotatable bonds is 9. The zero-order valence-corrected chi connectivity index (χ0v) is 15.4. The van der Waals surface area contributed by atoms with Gasteiger partial charge in [0, 0.05) is 30.9 Å². The standard InChI is InChI=1S/C19H25N3O4/c1-12(2)14-5-7-15(8-6-14)19-21-17(26-22-19)10-9-16(23)20-13(3)4-11-18(24)25/h5-8,12-13H,4,9-11H2,1-3H3,(H,20,23)(H,24,25). The number of nitrogens with zero attached hydrogens (tertiary/aromatic N) is 2. The van der Waals surface area contributed by atoms with Crippen LogP contribution in [0.3, 0.4) is 0 Å². The molecule has 0 saturated heterocycles. The summed E-state index contributed by atoms with van der Waals surface area (Å²) < 4.78 is 5.21. The highest BCUT2D eigenvalue weighted by Crippen LogP contribution is 2.20. The summed E-state index contributed by atoms with van der Waals surface area (Å²) >= 11 is 0. The van der Waals surface area contributed by atoms with Crippen LogP contribution in [0, 0.1) is 0 Å². The number of benzene rings is 1. The molecule has 140 valence electrons. The Bertz CT molecular complexity index is 737. The molecule has 1 atom stereocenters. The molecular weight excluding hydrogens is 334 g/mol. The third-order valence-electron chi connectivity index (χ3n) is 4.07. The van der Waals surface area contributed by atoms with Gasteiger partial charge in [-0.1, -0.05) is 43.3 Å². The minimum atomic E-state index is -0.870. The predicted molar refractivity (Wildman–Crippen MR) is 96.6 cm³/mol. The minimum absolute atomic E-state index is 0.0318. The third-order valence-corrected chi connectivity index (χ3v) is 4.07. The maximum atomic E-state index is 11.9. The summed E-state index contributed by atoms with van der Waals surface area (Å²) in [7, 11) is 0. The molecule has 26 heavy (non-hydrogen) atoms. The van der Waals surface area contributed by atoms with Crippen LogP contribution in [0.2, 0.25) is 0 Å². The van der Waals surface area contributed by atoms with Crippen molar-refractivity contribution in [1.29, 1.82) is 0 Å². The van der Waals surface area contributed by atoms with Gasteiger partial charge in [-0.05, 0) is 24.8 Å². The topological polar surface area (TPSA) is 105 Å². The SMILES string of the molecule is CC(CCC(=O)O)NC(=O)CCc1nc(-c2ccc(C(C)C)cc2)no1. The molecule has 2 rings (SSSR count). The van der Waals surface area contributed by atoms with Gasteiger partial charge in [0.15, 0.2) is 0 Å². The van der Waals surface area contributed by atoms with E-state index in [1.165, 1.54) is 5.56 Å². The van der Waals surface area contributed by atoms with Crippen LogP contribution in [0.25, 0.3) is 11.4 Å². The van der Waals surface area contributed by atoms with Crippen molar-refractivity contribution < 1.29 is 19.2 Å². The first-order chi connectivity index (χ1) is 12.3. The average molecular weight is 359 g/mol. The van der Waals surface area contributed by atoms with E-state index in [-0.39, 0.29) is 24.8 Å². The molecular formula is C19H25N3O4. The molecule has 0 aliphatic carbocycles. The van der Waals surface area contributed by atoms with E-state index < -0.39 is 5.97 Å². The Morgan fingerprint density at radius 2 is 1.85 bits per heavy atom. The smallest absolute Gasteiger partial charge is 0.303 e. The highest BCUT2D eigenvalue weighted by Gasteiger charge is 2.13. The van der Waals surface area contributed by atoms with E-state index >= 15 is 0 Å². The molecule has 1 aromatic carbocycles. The lowest BCUT2D eigenvalue weighted by Gasteiger charge is -2.11. The van der Waals surface area contributed by atoms with Crippen molar-refractivity contribution in [3.8, 4) is 11.4 Å². The molecule has 0 fully saturated rings. The summed E-state index contributed by atoms with van der Waals surface area (Å²) in [6.07, 6.45) is 0.988. The highest BCUT2D eigenvalue weighted by atomic mass is 16.5. The first-order valence-electron chi connectivity index (χ1n) is 8.79. The van der Waals surface area contributed by atoms with Crippen molar-refractivity contribution >= 4 is 11.9 Å². The second-order valence-electron chi connectivity index (χ2n) is 6.69. The van der Waals surface area contributed by atoms with Crippen LogP contribution >= 0.6 is 0 Å². The number of carboxylic acids is 1. The van der Waals surface area contributed by atoms with Crippen LogP contribution in [-0.4, -0.2) is 33.2 Å². The molecule has 1 unspecified atom stereocenters. The molecule has 2 aromatic rings. The second kappa shape index (κ2) is 9.12. The lowest BCUT2D eigenvalue weighted by molar-refractivity contribution is -0.137. The molecule has 0 spiro atoms. The number of aromatic nitrogens is 2. The van der Waals surface area contributed by atoms with Crippen LogP contribution in [0.15, 0.2) is 28.8 Å². The molecule has 0 saturated carbocycles. The number of carbonyl (C=O) groups is 2. The number of aliphatic carboxylic acids is 1. The van der Waals surface area contributed by atoms with Gasteiger partial charge in [0.1, 0.15) is 0 Å². The largest absolute Gasteiger partial charge is 0.481 e. The predicted octanol–water partition coefficient (Wildman–Crippen LogP) is 3.16. The lowest BCUT2D eigenvalue weighted by Crippen LogP contribution is -2.33. The summed E-state index contributed by atoms with van der Waals surface area (Å²) in [4.78, 5) is 26.8. The summed E-state index contributed by atoms with van der Waals surface area (Å²) in [5, 5.41) is 15.4. The number of amides is 1.